The van der Waals surface area contributed by atoms with E-state index in [1.54, 1.807) is 6.92 Å². The first-order valence-corrected chi connectivity index (χ1v) is 6.79. The summed E-state index contributed by atoms with van der Waals surface area (Å²) in [6, 6.07) is 8.44. The van der Waals surface area contributed by atoms with E-state index >= 15 is 0 Å². The molecule has 2 nitrogen and oxygen atoms in total. The van der Waals surface area contributed by atoms with Gasteiger partial charge in [-0.3, -0.25) is 0 Å². The number of likely N-dealkylation sites (N-methyl/N-ethyl adjacent to an activating group) is 1. The van der Waals surface area contributed by atoms with E-state index in [0.29, 0.717) is 6.42 Å². The minimum atomic E-state index is 0.284. The van der Waals surface area contributed by atoms with Gasteiger partial charge in [-0.25, -0.2) is 0 Å². The van der Waals surface area contributed by atoms with Crippen LogP contribution in [0.3, 0.4) is 0 Å². The highest BCUT2D eigenvalue weighted by atomic mass is 79.9. The smallest absolute Gasteiger partial charge is 0.129 e. The number of carbonyl (C=O) groups is 1. The lowest BCUT2D eigenvalue weighted by Gasteiger charge is -2.16. The van der Waals surface area contributed by atoms with Crippen LogP contribution in [0.15, 0.2) is 28.7 Å². The van der Waals surface area contributed by atoms with Crippen molar-refractivity contribution in [1.29, 1.82) is 0 Å². The molecule has 0 unspecified atom stereocenters. The van der Waals surface area contributed by atoms with Gasteiger partial charge in [-0.2, -0.15) is 0 Å². The van der Waals surface area contributed by atoms with Gasteiger partial charge in [-0.05, 0) is 51.1 Å². The topological polar surface area (TPSA) is 20.3 Å². The fourth-order valence-corrected chi connectivity index (χ4v) is 1.95. The second kappa shape index (κ2) is 7.62. The van der Waals surface area contributed by atoms with E-state index in [-0.39, 0.29) is 5.78 Å². The second-order valence-electron chi connectivity index (χ2n) is 4.49. The molecule has 0 spiro atoms. The van der Waals surface area contributed by atoms with Crippen molar-refractivity contribution in [2.75, 3.05) is 20.1 Å². The Morgan fingerprint density at radius 3 is 2.47 bits per heavy atom. The lowest BCUT2D eigenvalue weighted by atomic mass is 10.1. The van der Waals surface area contributed by atoms with Crippen molar-refractivity contribution in [2.24, 2.45) is 0 Å². The van der Waals surface area contributed by atoms with Crippen molar-refractivity contribution >= 4 is 21.7 Å². The van der Waals surface area contributed by atoms with Gasteiger partial charge in [0.15, 0.2) is 0 Å². The number of hydrogen-bond donors (Lipinski definition) is 0. The van der Waals surface area contributed by atoms with Gasteiger partial charge < -0.3 is 9.69 Å². The van der Waals surface area contributed by atoms with Crippen molar-refractivity contribution in [1.82, 2.24) is 4.90 Å². The van der Waals surface area contributed by atoms with Crippen LogP contribution in [0.2, 0.25) is 0 Å². The van der Waals surface area contributed by atoms with Crippen LogP contribution in [0.25, 0.3) is 0 Å². The van der Waals surface area contributed by atoms with Crippen molar-refractivity contribution in [3.05, 3.63) is 34.3 Å². The molecule has 0 atom stereocenters. The molecule has 94 valence electrons. The maximum atomic E-state index is 10.8. The molecule has 0 N–H and O–H groups in total. The molecule has 0 aromatic heterocycles. The van der Waals surface area contributed by atoms with Gasteiger partial charge in [-0.15, -0.1) is 0 Å². The molecule has 1 aromatic rings. The van der Waals surface area contributed by atoms with Gasteiger partial charge >= 0.3 is 0 Å². The van der Waals surface area contributed by atoms with E-state index in [4.69, 9.17) is 0 Å². The van der Waals surface area contributed by atoms with Crippen LogP contribution >= 0.6 is 15.9 Å². The van der Waals surface area contributed by atoms with Gasteiger partial charge in [0.1, 0.15) is 5.78 Å². The molecule has 0 aliphatic carbocycles. The van der Waals surface area contributed by atoms with Gasteiger partial charge in [-0.1, -0.05) is 28.1 Å². The summed E-state index contributed by atoms with van der Waals surface area (Å²) in [6.07, 6.45) is 2.72. The van der Waals surface area contributed by atoms with Crippen LogP contribution in [0.1, 0.15) is 25.3 Å². The number of ketones is 1. The first-order valence-electron chi connectivity index (χ1n) is 6.00. The Morgan fingerprint density at radius 1 is 1.24 bits per heavy atom. The van der Waals surface area contributed by atoms with Gasteiger partial charge in [0.05, 0.1) is 0 Å². The third-order valence-electron chi connectivity index (χ3n) is 2.76. The molecule has 0 radical (unpaired) electrons. The zero-order valence-corrected chi connectivity index (χ0v) is 12.2. The average molecular weight is 298 g/mol. The third-order valence-corrected chi connectivity index (χ3v) is 3.29. The van der Waals surface area contributed by atoms with Crippen LogP contribution in [0, 0.1) is 0 Å². The summed E-state index contributed by atoms with van der Waals surface area (Å²) in [4.78, 5) is 13.1. The minimum Gasteiger partial charge on any atom is -0.306 e. The molecule has 0 amide bonds. The molecule has 1 rings (SSSR count). The number of hydrogen-bond acceptors (Lipinski definition) is 2. The highest BCUT2D eigenvalue weighted by Crippen LogP contribution is 2.11. The maximum Gasteiger partial charge on any atom is 0.129 e. The molecule has 0 aliphatic heterocycles. The quantitative estimate of drug-likeness (QED) is 0.770. The zero-order valence-electron chi connectivity index (χ0n) is 10.6. The highest BCUT2D eigenvalue weighted by molar-refractivity contribution is 9.10. The summed E-state index contributed by atoms with van der Waals surface area (Å²) < 4.78 is 1.12. The lowest BCUT2D eigenvalue weighted by Crippen LogP contribution is -2.22. The zero-order chi connectivity index (χ0) is 12.7. The number of Topliss-reactive ketones (excluding diaryl/α,β-unsaturated/α-hetero) is 1. The highest BCUT2D eigenvalue weighted by Gasteiger charge is 2.01. The maximum absolute atomic E-state index is 10.8. The summed E-state index contributed by atoms with van der Waals surface area (Å²) in [5, 5.41) is 0. The molecule has 0 fully saturated rings. The Hall–Kier alpha value is -0.670. The van der Waals surface area contributed by atoms with E-state index in [1.807, 2.05) is 0 Å². The Kier molecular flexibility index (Phi) is 6.45. The predicted molar refractivity (Wildman–Crippen MR) is 75.3 cm³/mol. The van der Waals surface area contributed by atoms with Gasteiger partial charge in [0.2, 0.25) is 0 Å². The first-order chi connectivity index (χ1) is 8.08. The average Bonchev–Trinajstić information content (AvgIpc) is 2.28. The SMILES string of the molecule is CC(=O)CCCN(C)CCc1ccc(Br)cc1. The lowest BCUT2D eigenvalue weighted by molar-refractivity contribution is -0.117. The summed E-state index contributed by atoms with van der Waals surface area (Å²) in [5.74, 6) is 0.284. The van der Waals surface area contributed by atoms with Crippen LogP contribution in [-0.2, 0) is 11.2 Å². The molecule has 1 aromatic carbocycles. The van der Waals surface area contributed by atoms with E-state index < -0.39 is 0 Å². The number of carbonyl (C=O) groups excluding carboxylic acids is 1. The standard InChI is InChI=1S/C14H20BrNO/c1-12(17)4-3-10-16(2)11-9-13-5-7-14(15)8-6-13/h5-8H,3-4,9-11H2,1-2H3. The monoisotopic (exact) mass is 297 g/mol. The second-order valence-corrected chi connectivity index (χ2v) is 5.40. The van der Waals surface area contributed by atoms with Gasteiger partial charge in [0.25, 0.3) is 0 Å². The summed E-state index contributed by atoms with van der Waals surface area (Å²) in [7, 11) is 2.11. The van der Waals surface area contributed by atoms with Gasteiger partial charge in [0, 0.05) is 17.4 Å². The molecule has 0 aliphatic rings. The molecule has 0 saturated heterocycles. The number of nitrogens with zero attached hydrogens (tertiary/aromatic N) is 1. The van der Waals surface area contributed by atoms with E-state index in [2.05, 4.69) is 52.1 Å². The van der Waals surface area contributed by atoms with Crippen molar-refractivity contribution in [3.63, 3.8) is 0 Å². The molecule has 3 heteroatoms. The molecule has 17 heavy (non-hydrogen) atoms. The Labute approximate surface area is 112 Å². The molecular formula is C14H20BrNO. The molecule has 0 saturated carbocycles. The van der Waals surface area contributed by atoms with Crippen molar-refractivity contribution in [2.45, 2.75) is 26.2 Å². The minimum absolute atomic E-state index is 0.284. The third kappa shape index (κ3) is 6.59. The Balaban J connectivity index is 2.21. The summed E-state index contributed by atoms with van der Waals surface area (Å²) >= 11 is 3.43. The summed E-state index contributed by atoms with van der Waals surface area (Å²) in [5.41, 5.74) is 1.35. The first kappa shape index (κ1) is 14.4. The van der Waals surface area contributed by atoms with Crippen LogP contribution in [-0.4, -0.2) is 30.8 Å². The largest absolute Gasteiger partial charge is 0.306 e. The van der Waals surface area contributed by atoms with E-state index in [0.717, 1.165) is 30.4 Å². The fraction of sp³-hybridized carbons (Fsp3) is 0.500. The fourth-order valence-electron chi connectivity index (χ4n) is 1.68. The Morgan fingerprint density at radius 2 is 1.88 bits per heavy atom. The normalized spacial score (nSPS) is 10.8. The number of benzene rings is 1. The van der Waals surface area contributed by atoms with Crippen LogP contribution in [0.4, 0.5) is 0 Å². The molecule has 0 heterocycles. The van der Waals surface area contributed by atoms with Crippen LogP contribution < -0.4 is 0 Å². The van der Waals surface area contributed by atoms with Crippen LogP contribution in [0.5, 0.6) is 0 Å². The summed E-state index contributed by atoms with van der Waals surface area (Å²) in [6.45, 7) is 3.69. The predicted octanol–water partition coefficient (Wildman–Crippen LogP) is 3.29. The van der Waals surface area contributed by atoms with Crippen molar-refractivity contribution < 1.29 is 4.79 Å². The van der Waals surface area contributed by atoms with E-state index in [1.165, 1.54) is 5.56 Å². The molecule has 0 bridgehead atoms. The van der Waals surface area contributed by atoms with Crippen molar-refractivity contribution in [3.8, 4) is 0 Å². The number of halogens is 1. The number of rotatable bonds is 7. The molecular weight excluding hydrogens is 278 g/mol. The van der Waals surface area contributed by atoms with E-state index in [9.17, 15) is 4.79 Å². The Bertz CT molecular complexity index is 348.